The van der Waals surface area contributed by atoms with Gasteiger partial charge in [-0.2, -0.15) is 0 Å². The van der Waals surface area contributed by atoms with Gasteiger partial charge < -0.3 is 4.90 Å². The molecule has 0 radical (unpaired) electrons. The number of aliphatic imine (C=N–C) groups is 1. The number of likely N-dealkylation sites (N-methyl/N-ethyl adjacent to an activating group) is 1. The molecule has 3 aromatic rings. The number of carbonyl (C=O) groups is 1. The first kappa shape index (κ1) is 17.3. The number of rotatable bonds is 2. The monoisotopic (exact) mass is 372 g/mol. The van der Waals surface area contributed by atoms with Crippen LogP contribution in [0.15, 0.2) is 89.6 Å². The van der Waals surface area contributed by atoms with E-state index in [1.807, 2.05) is 78.9 Å². The van der Waals surface area contributed by atoms with Gasteiger partial charge >= 0.3 is 0 Å². The SMILES string of the molecule is CN1C(=O)/C(=C\c2ccccc2)N=C(c2ccccc2)c2cc(Cl)ccc21. The zero-order valence-electron chi connectivity index (χ0n) is 14.8. The van der Waals surface area contributed by atoms with Crippen molar-refractivity contribution in [3.05, 3.63) is 106 Å². The molecule has 132 valence electrons. The van der Waals surface area contributed by atoms with Gasteiger partial charge in [-0.3, -0.25) is 4.79 Å². The fraction of sp³-hybridized carbons (Fsp3) is 0.0435. The minimum Gasteiger partial charge on any atom is -0.309 e. The summed E-state index contributed by atoms with van der Waals surface area (Å²) in [6.07, 6.45) is 1.81. The number of hydrogen-bond acceptors (Lipinski definition) is 2. The van der Waals surface area contributed by atoms with Gasteiger partial charge in [0.1, 0.15) is 5.70 Å². The second-order valence-electron chi connectivity index (χ2n) is 6.29. The maximum absolute atomic E-state index is 13.1. The lowest BCUT2D eigenvalue weighted by Gasteiger charge is -2.18. The Labute approximate surface area is 163 Å². The van der Waals surface area contributed by atoms with E-state index in [-0.39, 0.29) is 5.91 Å². The van der Waals surface area contributed by atoms with Crippen LogP contribution in [0.2, 0.25) is 5.02 Å². The number of carbonyl (C=O) groups excluding carboxylic acids is 1. The first-order chi connectivity index (χ1) is 13.1. The van der Waals surface area contributed by atoms with Crippen LogP contribution in [-0.4, -0.2) is 18.7 Å². The molecule has 4 heteroatoms. The number of halogens is 1. The summed E-state index contributed by atoms with van der Waals surface area (Å²) in [6.45, 7) is 0. The quantitative estimate of drug-likeness (QED) is 0.569. The van der Waals surface area contributed by atoms with Gasteiger partial charge in [-0.05, 0) is 29.8 Å². The number of anilines is 1. The average molecular weight is 373 g/mol. The fourth-order valence-electron chi connectivity index (χ4n) is 3.12. The molecule has 0 fully saturated rings. The summed E-state index contributed by atoms with van der Waals surface area (Å²) >= 11 is 6.26. The lowest BCUT2D eigenvalue weighted by Crippen LogP contribution is -2.26. The fourth-order valence-corrected chi connectivity index (χ4v) is 3.29. The second kappa shape index (κ2) is 7.22. The standard InChI is InChI=1S/C23H17ClN2O/c1-26-21-13-12-18(24)15-19(21)22(17-10-6-3-7-11-17)25-20(23(26)27)14-16-8-4-2-5-9-16/h2-15H,1H3/b20-14+. The topological polar surface area (TPSA) is 32.7 Å². The number of benzodiazepines with no additional fused rings is 1. The number of hydrogen-bond donors (Lipinski definition) is 0. The van der Waals surface area contributed by atoms with E-state index in [0.717, 1.165) is 28.1 Å². The molecule has 0 saturated heterocycles. The van der Waals surface area contributed by atoms with E-state index in [4.69, 9.17) is 16.6 Å². The van der Waals surface area contributed by atoms with Crippen molar-refractivity contribution in [2.45, 2.75) is 0 Å². The molecule has 3 aromatic carbocycles. The highest BCUT2D eigenvalue weighted by molar-refractivity contribution is 6.32. The van der Waals surface area contributed by atoms with Crippen molar-refractivity contribution in [1.82, 2.24) is 0 Å². The number of nitrogens with zero attached hydrogens (tertiary/aromatic N) is 2. The third kappa shape index (κ3) is 3.42. The zero-order valence-corrected chi connectivity index (χ0v) is 15.5. The van der Waals surface area contributed by atoms with Gasteiger partial charge in [0.15, 0.2) is 0 Å². The van der Waals surface area contributed by atoms with Gasteiger partial charge in [0.05, 0.1) is 11.4 Å². The molecular formula is C23H17ClN2O. The Bertz CT molecular complexity index is 1060. The van der Waals surface area contributed by atoms with Crippen molar-refractivity contribution in [2.75, 3.05) is 11.9 Å². The van der Waals surface area contributed by atoms with Gasteiger partial charge in [-0.25, -0.2) is 4.99 Å². The molecular weight excluding hydrogens is 356 g/mol. The molecule has 0 atom stereocenters. The van der Waals surface area contributed by atoms with Crippen LogP contribution in [0.5, 0.6) is 0 Å². The van der Waals surface area contributed by atoms with Crippen LogP contribution in [0.25, 0.3) is 6.08 Å². The molecule has 0 aliphatic carbocycles. The van der Waals surface area contributed by atoms with Gasteiger partial charge in [0.2, 0.25) is 0 Å². The summed E-state index contributed by atoms with van der Waals surface area (Å²) < 4.78 is 0. The van der Waals surface area contributed by atoms with Crippen molar-refractivity contribution in [2.24, 2.45) is 4.99 Å². The average Bonchev–Trinajstić information content (AvgIpc) is 2.80. The summed E-state index contributed by atoms with van der Waals surface area (Å²) in [5.74, 6) is -0.159. The van der Waals surface area contributed by atoms with Crippen molar-refractivity contribution >= 4 is 35.0 Å². The van der Waals surface area contributed by atoms with Crippen molar-refractivity contribution < 1.29 is 4.79 Å². The lowest BCUT2D eigenvalue weighted by molar-refractivity contribution is -0.114. The first-order valence-electron chi connectivity index (χ1n) is 8.62. The first-order valence-corrected chi connectivity index (χ1v) is 9.00. The highest BCUT2D eigenvalue weighted by Crippen LogP contribution is 2.31. The predicted molar refractivity (Wildman–Crippen MR) is 111 cm³/mol. The van der Waals surface area contributed by atoms with E-state index < -0.39 is 0 Å². The summed E-state index contributed by atoms with van der Waals surface area (Å²) in [5.41, 5.74) is 4.59. The Hall–Kier alpha value is -3.17. The molecule has 0 saturated carbocycles. The van der Waals surface area contributed by atoms with Gasteiger partial charge in [-0.1, -0.05) is 72.3 Å². The lowest BCUT2D eigenvalue weighted by atomic mass is 10.0. The predicted octanol–water partition coefficient (Wildman–Crippen LogP) is 5.19. The minimum absolute atomic E-state index is 0.159. The van der Waals surface area contributed by atoms with Gasteiger partial charge in [0, 0.05) is 23.2 Å². The van der Waals surface area contributed by atoms with Gasteiger partial charge in [-0.15, -0.1) is 0 Å². The minimum atomic E-state index is -0.159. The number of amides is 1. The molecule has 1 amide bonds. The Balaban J connectivity index is 1.97. The molecule has 0 aromatic heterocycles. The molecule has 1 aliphatic rings. The van der Waals surface area contributed by atoms with Crippen molar-refractivity contribution in [3.63, 3.8) is 0 Å². The van der Waals surface area contributed by atoms with E-state index in [0.29, 0.717) is 10.7 Å². The molecule has 0 bridgehead atoms. The Morgan fingerprint density at radius 2 is 1.59 bits per heavy atom. The summed E-state index contributed by atoms with van der Waals surface area (Å²) in [5, 5.41) is 0.605. The highest BCUT2D eigenvalue weighted by Gasteiger charge is 2.26. The van der Waals surface area contributed by atoms with E-state index in [1.165, 1.54) is 0 Å². The van der Waals surface area contributed by atoms with Crippen LogP contribution >= 0.6 is 11.6 Å². The molecule has 3 nitrogen and oxygen atoms in total. The normalized spacial score (nSPS) is 15.3. The molecule has 27 heavy (non-hydrogen) atoms. The van der Waals surface area contributed by atoms with Crippen LogP contribution < -0.4 is 4.90 Å². The largest absolute Gasteiger partial charge is 0.309 e. The van der Waals surface area contributed by atoms with E-state index in [1.54, 1.807) is 18.0 Å². The highest BCUT2D eigenvalue weighted by atomic mass is 35.5. The molecule has 4 rings (SSSR count). The van der Waals surface area contributed by atoms with E-state index in [2.05, 4.69) is 0 Å². The maximum atomic E-state index is 13.1. The summed E-state index contributed by atoms with van der Waals surface area (Å²) in [4.78, 5) is 19.5. The zero-order chi connectivity index (χ0) is 18.8. The Morgan fingerprint density at radius 1 is 0.926 bits per heavy atom. The van der Waals surface area contributed by atoms with Crippen molar-refractivity contribution in [3.8, 4) is 0 Å². The second-order valence-corrected chi connectivity index (χ2v) is 6.73. The Morgan fingerprint density at radius 3 is 2.30 bits per heavy atom. The maximum Gasteiger partial charge on any atom is 0.276 e. The van der Waals surface area contributed by atoms with Gasteiger partial charge in [0.25, 0.3) is 5.91 Å². The third-order valence-corrected chi connectivity index (χ3v) is 4.72. The number of benzene rings is 3. The smallest absolute Gasteiger partial charge is 0.276 e. The summed E-state index contributed by atoms with van der Waals surface area (Å²) in [7, 11) is 1.76. The molecule has 0 spiro atoms. The molecule has 1 heterocycles. The van der Waals surface area contributed by atoms with Crippen LogP contribution in [0.1, 0.15) is 16.7 Å². The van der Waals surface area contributed by atoms with E-state index in [9.17, 15) is 4.79 Å². The Kier molecular flexibility index (Phi) is 4.61. The van der Waals surface area contributed by atoms with Crippen LogP contribution in [-0.2, 0) is 4.79 Å². The summed E-state index contributed by atoms with van der Waals surface area (Å²) in [6, 6.07) is 25.1. The number of fused-ring (bicyclic) bond motifs is 1. The van der Waals surface area contributed by atoms with Crippen LogP contribution in [0.4, 0.5) is 5.69 Å². The van der Waals surface area contributed by atoms with E-state index >= 15 is 0 Å². The molecule has 1 aliphatic heterocycles. The molecule has 0 N–H and O–H groups in total. The van der Waals surface area contributed by atoms with Crippen LogP contribution in [0.3, 0.4) is 0 Å². The molecule has 0 unspecified atom stereocenters. The van der Waals surface area contributed by atoms with Crippen LogP contribution in [0, 0.1) is 0 Å². The third-order valence-electron chi connectivity index (χ3n) is 4.48. The van der Waals surface area contributed by atoms with Crippen molar-refractivity contribution in [1.29, 1.82) is 0 Å².